The maximum atomic E-state index is 10.7. The Hall–Kier alpha value is -1.25. The van der Waals surface area contributed by atoms with Gasteiger partial charge in [0.05, 0.1) is 18.8 Å². The molecule has 1 unspecified atom stereocenters. The van der Waals surface area contributed by atoms with E-state index in [0.29, 0.717) is 18.7 Å². The molecule has 0 aliphatic carbocycles. The molecule has 0 spiro atoms. The van der Waals surface area contributed by atoms with E-state index in [4.69, 9.17) is 4.55 Å². The van der Waals surface area contributed by atoms with Crippen LogP contribution in [0.2, 0.25) is 0 Å². The molecule has 0 amide bonds. The molecular weight excluding hydrogens is 246 g/mol. The molecule has 1 rings (SSSR count). The van der Waals surface area contributed by atoms with E-state index in [1.807, 2.05) is 0 Å². The maximum absolute atomic E-state index is 10.7. The van der Waals surface area contributed by atoms with Crippen molar-refractivity contribution < 1.29 is 17.7 Å². The van der Waals surface area contributed by atoms with Crippen LogP contribution in [0.1, 0.15) is 12.6 Å². The summed E-state index contributed by atoms with van der Waals surface area (Å²) < 4.78 is 25.5. The summed E-state index contributed by atoms with van der Waals surface area (Å²) in [4.78, 5) is 10.5. The number of hydrogen-bond donors (Lipinski definition) is 1. The zero-order valence-electron chi connectivity index (χ0n) is 9.48. The average Bonchev–Trinajstić information content (AvgIpc) is 2.63. The average molecular weight is 261 g/mol. The van der Waals surface area contributed by atoms with Crippen molar-refractivity contribution in [3.63, 3.8) is 0 Å². The Morgan fingerprint density at radius 1 is 1.76 bits per heavy atom. The van der Waals surface area contributed by atoms with Crippen LogP contribution in [0.15, 0.2) is 6.20 Å². The van der Waals surface area contributed by atoms with E-state index in [1.54, 1.807) is 13.1 Å². The maximum Gasteiger partial charge on any atom is 0.195 e. The summed E-state index contributed by atoms with van der Waals surface area (Å²) in [6.07, 6.45) is 3.05. The van der Waals surface area contributed by atoms with Gasteiger partial charge in [0.25, 0.3) is 0 Å². The molecule has 7 nitrogen and oxygen atoms in total. The first kappa shape index (κ1) is 13.8. The fourth-order valence-electron chi connectivity index (χ4n) is 1.18. The van der Waals surface area contributed by atoms with Gasteiger partial charge < -0.3 is 4.79 Å². The van der Waals surface area contributed by atoms with E-state index in [9.17, 15) is 9.00 Å². The lowest BCUT2D eigenvalue weighted by atomic mass is 10.1. The lowest BCUT2D eigenvalue weighted by Crippen LogP contribution is -2.11. The molecule has 0 radical (unpaired) electrons. The molecule has 96 valence electrons. The van der Waals surface area contributed by atoms with Crippen LogP contribution in [0.4, 0.5) is 0 Å². The van der Waals surface area contributed by atoms with E-state index in [-0.39, 0.29) is 12.5 Å². The van der Waals surface area contributed by atoms with Crippen molar-refractivity contribution in [3.05, 3.63) is 11.9 Å². The number of carbonyl (C=O) groups excluding carboxylic acids is 1. The number of nitrogens with zero attached hydrogens (tertiary/aromatic N) is 3. The van der Waals surface area contributed by atoms with Crippen LogP contribution in [-0.4, -0.2) is 42.5 Å². The SMILES string of the molecule is C=S(=O)(O)OCCn1cc(C[C@H](C)C=O)nn1. The summed E-state index contributed by atoms with van der Waals surface area (Å²) in [5, 5.41) is 7.67. The van der Waals surface area contributed by atoms with Crippen molar-refractivity contribution in [2.75, 3.05) is 6.61 Å². The normalized spacial score (nSPS) is 16.4. The molecule has 0 aliphatic heterocycles. The smallest absolute Gasteiger partial charge is 0.195 e. The predicted octanol–water partition coefficient (Wildman–Crippen LogP) is -0.223. The van der Waals surface area contributed by atoms with E-state index < -0.39 is 10.1 Å². The Morgan fingerprint density at radius 2 is 2.47 bits per heavy atom. The van der Waals surface area contributed by atoms with Crippen LogP contribution >= 0.6 is 0 Å². The van der Waals surface area contributed by atoms with E-state index in [2.05, 4.69) is 20.4 Å². The zero-order valence-corrected chi connectivity index (χ0v) is 10.3. The van der Waals surface area contributed by atoms with E-state index in [0.717, 1.165) is 6.29 Å². The predicted molar refractivity (Wildman–Crippen MR) is 62.8 cm³/mol. The second-order valence-electron chi connectivity index (χ2n) is 3.69. The molecule has 0 saturated carbocycles. The lowest BCUT2D eigenvalue weighted by molar-refractivity contribution is -0.110. The Labute approximate surface area is 99.8 Å². The van der Waals surface area contributed by atoms with Gasteiger partial charge in [-0.1, -0.05) is 12.1 Å². The molecule has 0 aliphatic rings. The van der Waals surface area contributed by atoms with Gasteiger partial charge in [-0.2, -0.15) is 0 Å². The molecule has 1 heterocycles. The first-order valence-corrected chi connectivity index (χ1v) is 6.60. The van der Waals surface area contributed by atoms with Crippen molar-refractivity contribution in [3.8, 4) is 0 Å². The summed E-state index contributed by atoms with van der Waals surface area (Å²) in [6.45, 7) is 2.11. The van der Waals surface area contributed by atoms with E-state index >= 15 is 0 Å². The summed E-state index contributed by atoms with van der Waals surface area (Å²) in [5.74, 6) is 2.83. The Morgan fingerprint density at radius 3 is 3.06 bits per heavy atom. The largest absolute Gasteiger partial charge is 0.303 e. The number of aldehydes is 1. The topological polar surface area (TPSA) is 94.3 Å². The monoisotopic (exact) mass is 261 g/mol. The minimum atomic E-state index is -3.42. The van der Waals surface area contributed by atoms with Crippen molar-refractivity contribution >= 4 is 22.2 Å². The van der Waals surface area contributed by atoms with Crippen LogP contribution < -0.4 is 0 Å². The van der Waals surface area contributed by atoms with Gasteiger partial charge in [-0.3, -0.25) is 8.74 Å². The van der Waals surface area contributed by atoms with Crippen LogP contribution in [0, 0.1) is 5.92 Å². The number of rotatable bonds is 7. The minimum Gasteiger partial charge on any atom is -0.303 e. The van der Waals surface area contributed by atoms with Crippen LogP contribution in [0.5, 0.6) is 0 Å². The Kier molecular flexibility index (Phi) is 4.79. The number of hydrogen-bond acceptors (Lipinski definition) is 5. The van der Waals surface area contributed by atoms with Gasteiger partial charge in [-0.15, -0.1) is 5.10 Å². The number of carbonyl (C=O) groups is 1. The number of aromatic nitrogens is 3. The van der Waals surface area contributed by atoms with Crippen molar-refractivity contribution in [2.24, 2.45) is 5.92 Å². The molecule has 1 N–H and O–H groups in total. The molecule has 1 aromatic rings. The summed E-state index contributed by atoms with van der Waals surface area (Å²) in [5.41, 5.74) is 0.698. The fourth-order valence-corrected chi connectivity index (χ4v) is 1.52. The second-order valence-corrected chi connectivity index (χ2v) is 5.09. The van der Waals surface area contributed by atoms with Gasteiger partial charge in [0.15, 0.2) is 10.1 Å². The van der Waals surface area contributed by atoms with E-state index in [1.165, 1.54) is 4.68 Å². The molecule has 0 saturated heterocycles. The highest BCUT2D eigenvalue weighted by atomic mass is 32.2. The zero-order chi connectivity index (χ0) is 12.9. The van der Waals surface area contributed by atoms with Gasteiger partial charge in [0.1, 0.15) is 6.29 Å². The fraction of sp³-hybridized carbons (Fsp3) is 0.556. The molecule has 1 aromatic heterocycles. The molecule has 17 heavy (non-hydrogen) atoms. The van der Waals surface area contributed by atoms with Crippen molar-refractivity contribution in [1.29, 1.82) is 0 Å². The first-order chi connectivity index (χ1) is 7.90. The molecule has 0 bridgehead atoms. The Balaban J connectivity index is 2.43. The first-order valence-electron chi connectivity index (χ1n) is 4.99. The van der Waals surface area contributed by atoms with Crippen LogP contribution in [0.3, 0.4) is 0 Å². The van der Waals surface area contributed by atoms with Crippen molar-refractivity contribution in [2.45, 2.75) is 19.9 Å². The van der Waals surface area contributed by atoms with Gasteiger partial charge in [-0.05, 0) is 0 Å². The molecule has 0 aromatic carbocycles. The molecule has 0 fully saturated rings. The third kappa shape index (κ3) is 5.57. The third-order valence-corrected chi connectivity index (χ3v) is 2.47. The van der Waals surface area contributed by atoms with Crippen LogP contribution in [0.25, 0.3) is 0 Å². The van der Waals surface area contributed by atoms with Crippen LogP contribution in [-0.2, 0) is 32.0 Å². The highest BCUT2D eigenvalue weighted by Gasteiger charge is 2.06. The van der Waals surface area contributed by atoms with Crippen molar-refractivity contribution in [1.82, 2.24) is 15.0 Å². The minimum absolute atomic E-state index is 0.0187. The molecule has 8 heteroatoms. The standard InChI is InChI=1S/C9H15N3O4S/c1-8(7-13)5-9-6-12(11-10-9)3-4-16-17(2,14)15/h6-8H,2-5H2,1H3,(H,14,15)/t8-/m0/s1. The summed E-state index contributed by atoms with van der Waals surface area (Å²) in [6, 6.07) is 0. The quantitative estimate of drug-likeness (QED) is 0.538. The van der Waals surface area contributed by atoms with Gasteiger partial charge >= 0.3 is 0 Å². The van der Waals surface area contributed by atoms with Gasteiger partial charge in [0.2, 0.25) is 0 Å². The second kappa shape index (κ2) is 5.89. The highest BCUT2D eigenvalue weighted by Crippen LogP contribution is 2.02. The summed E-state index contributed by atoms with van der Waals surface area (Å²) in [7, 11) is -3.42. The molecular formula is C9H15N3O4S. The van der Waals surface area contributed by atoms with Gasteiger partial charge in [0, 0.05) is 24.4 Å². The summed E-state index contributed by atoms with van der Waals surface area (Å²) >= 11 is 0. The highest BCUT2D eigenvalue weighted by molar-refractivity contribution is 7.90. The molecule has 2 atom stereocenters. The van der Waals surface area contributed by atoms with Gasteiger partial charge in [-0.25, -0.2) is 8.89 Å². The lowest BCUT2D eigenvalue weighted by Gasteiger charge is -2.02. The Bertz CT molecular complexity index is 468. The third-order valence-electron chi connectivity index (χ3n) is 1.94.